The third kappa shape index (κ3) is 4.12. The lowest BCUT2D eigenvalue weighted by molar-refractivity contribution is -0.149. The van der Waals surface area contributed by atoms with Crippen molar-refractivity contribution < 1.29 is 17.9 Å². The van der Waals surface area contributed by atoms with Gasteiger partial charge >= 0.3 is 5.97 Å². The lowest BCUT2D eigenvalue weighted by Gasteiger charge is -2.31. The van der Waals surface area contributed by atoms with Gasteiger partial charge in [0, 0.05) is 13.1 Å². The van der Waals surface area contributed by atoms with Crippen LogP contribution in [0.4, 0.5) is 0 Å². The summed E-state index contributed by atoms with van der Waals surface area (Å²) < 4.78 is 31.8. The average molecular weight is 401 g/mol. The normalized spacial score (nSPS) is 19.6. The summed E-state index contributed by atoms with van der Waals surface area (Å²) >= 11 is 17.8. The van der Waals surface area contributed by atoms with Gasteiger partial charge in [0.25, 0.3) is 0 Å². The Kier molecular flexibility index (Phi) is 6.19. The Labute approximate surface area is 150 Å². The van der Waals surface area contributed by atoms with Crippen LogP contribution in [0.15, 0.2) is 17.0 Å². The van der Waals surface area contributed by atoms with E-state index >= 15 is 0 Å². The topological polar surface area (TPSA) is 63.7 Å². The van der Waals surface area contributed by atoms with Crippen molar-refractivity contribution in [1.82, 2.24) is 4.31 Å². The number of hydrogen-bond donors (Lipinski definition) is 0. The second-order valence-electron chi connectivity index (χ2n) is 5.15. The molecule has 1 aliphatic heterocycles. The molecule has 0 N–H and O–H groups in total. The molecule has 0 amide bonds. The molecule has 0 aromatic heterocycles. The second kappa shape index (κ2) is 7.57. The van der Waals surface area contributed by atoms with Gasteiger partial charge < -0.3 is 4.74 Å². The largest absolute Gasteiger partial charge is 0.466 e. The standard InChI is InChI=1S/C14H16Cl3NO4S/c1-2-22-14(19)9-4-3-5-18(8-9)23(20,21)13-7-11(16)10(15)6-12(13)17/h6-7,9H,2-5,8H2,1H3/t9-/m1/s1. The molecule has 23 heavy (non-hydrogen) atoms. The lowest BCUT2D eigenvalue weighted by Crippen LogP contribution is -2.42. The summed E-state index contributed by atoms with van der Waals surface area (Å²) in [6, 6.07) is 2.53. The predicted octanol–water partition coefficient (Wildman–Crippen LogP) is 3.61. The molecule has 1 fully saturated rings. The predicted molar refractivity (Wildman–Crippen MR) is 89.6 cm³/mol. The van der Waals surface area contributed by atoms with E-state index in [9.17, 15) is 13.2 Å². The number of benzene rings is 1. The molecule has 1 aromatic rings. The van der Waals surface area contributed by atoms with Gasteiger partial charge in [-0.3, -0.25) is 4.79 Å². The number of carbonyl (C=O) groups is 1. The number of halogens is 3. The van der Waals surface area contributed by atoms with Crippen LogP contribution in [-0.2, 0) is 19.6 Å². The maximum atomic E-state index is 12.8. The van der Waals surface area contributed by atoms with E-state index < -0.39 is 15.9 Å². The quantitative estimate of drug-likeness (QED) is 0.572. The summed E-state index contributed by atoms with van der Waals surface area (Å²) in [5.41, 5.74) is 0. The van der Waals surface area contributed by atoms with Crippen LogP contribution in [0.2, 0.25) is 15.1 Å². The molecule has 1 aromatic carbocycles. The first-order valence-corrected chi connectivity index (χ1v) is 9.66. The Bertz CT molecular complexity index is 708. The number of nitrogens with zero attached hydrogens (tertiary/aromatic N) is 1. The van der Waals surface area contributed by atoms with E-state index in [2.05, 4.69) is 0 Å². The third-order valence-electron chi connectivity index (χ3n) is 3.60. The number of piperidine rings is 1. The van der Waals surface area contributed by atoms with Gasteiger partial charge in [-0.25, -0.2) is 8.42 Å². The Balaban J connectivity index is 2.29. The number of hydrogen-bond acceptors (Lipinski definition) is 4. The first-order chi connectivity index (χ1) is 10.8. The van der Waals surface area contributed by atoms with Crippen LogP contribution in [0.3, 0.4) is 0 Å². The van der Waals surface area contributed by atoms with Crippen molar-refractivity contribution in [2.24, 2.45) is 5.92 Å². The molecular formula is C14H16Cl3NO4S. The van der Waals surface area contributed by atoms with Gasteiger partial charge in [-0.15, -0.1) is 0 Å². The fourth-order valence-corrected chi connectivity index (χ4v) is 4.95. The van der Waals surface area contributed by atoms with Gasteiger partial charge in [0.2, 0.25) is 10.0 Å². The van der Waals surface area contributed by atoms with Crippen molar-refractivity contribution >= 4 is 50.8 Å². The van der Waals surface area contributed by atoms with Crippen molar-refractivity contribution in [1.29, 1.82) is 0 Å². The van der Waals surface area contributed by atoms with E-state index in [1.54, 1.807) is 6.92 Å². The molecule has 9 heteroatoms. The summed E-state index contributed by atoms with van der Waals surface area (Å²) in [5, 5.41) is 0.282. The van der Waals surface area contributed by atoms with Gasteiger partial charge in [-0.2, -0.15) is 4.31 Å². The Hall–Kier alpha value is -0.530. The highest BCUT2D eigenvalue weighted by atomic mass is 35.5. The van der Waals surface area contributed by atoms with Crippen molar-refractivity contribution in [3.05, 3.63) is 27.2 Å². The van der Waals surface area contributed by atoms with Crippen molar-refractivity contribution in [2.45, 2.75) is 24.7 Å². The van der Waals surface area contributed by atoms with E-state index in [-0.39, 0.29) is 39.1 Å². The van der Waals surface area contributed by atoms with Crippen LogP contribution >= 0.6 is 34.8 Å². The maximum absolute atomic E-state index is 12.8. The molecule has 1 aliphatic rings. The molecule has 2 rings (SSSR count). The first kappa shape index (κ1) is 18.8. The summed E-state index contributed by atoms with van der Waals surface area (Å²) in [6.07, 6.45) is 1.17. The molecule has 1 heterocycles. The molecule has 5 nitrogen and oxygen atoms in total. The summed E-state index contributed by atoms with van der Waals surface area (Å²) in [4.78, 5) is 11.8. The van der Waals surface area contributed by atoms with E-state index in [0.29, 0.717) is 19.4 Å². The summed E-state index contributed by atoms with van der Waals surface area (Å²) in [5.74, 6) is -0.854. The smallest absolute Gasteiger partial charge is 0.310 e. The van der Waals surface area contributed by atoms with Gasteiger partial charge in [0.15, 0.2) is 0 Å². The van der Waals surface area contributed by atoms with E-state index in [0.717, 1.165) is 0 Å². The minimum atomic E-state index is -3.86. The second-order valence-corrected chi connectivity index (χ2v) is 8.28. The number of ether oxygens (including phenoxy) is 1. The molecule has 1 atom stereocenters. The molecule has 0 saturated carbocycles. The minimum absolute atomic E-state index is 0.00217. The highest BCUT2D eigenvalue weighted by Gasteiger charge is 2.35. The number of sulfonamides is 1. The fourth-order valence-electron chi connectivity index (χ4n) is 2.45. The van der Waals surface area contributed by atoms with Crippen LogP contribution in [0.25, 0.3) is 0 Å². The SMILES string of the molecule is CCOC(=O)[C@@H]1CCCN(S(=O)(=O)c2cc(Cl)c(Cl)cc2Cl)C1. The van der Waals surface area contributed by atoms with E-state index in [1.807, 2.05) is 0 Å². The average Bonchev–Trinajstić information content (AvgIpc) is 2.51. The molecule has 0 unspecified atom stereocenters. The van der Waals surface area contributed by atoms with Gasteiger partial charge in [0.1, 0.15) is 4.90 Å². The van der Waals surface area contributed by atoms with Crippen LogP contribution in [0, 0.1) is 5.92 Å². The highest BCUT2D eigenvalue weighted by Crippen LogP contribution is 2.34. The number of esters is 1. The molecule has 1 saturated heterocycles. The van der Waals surface area contributed by atoms with Crippen molar-refractivity contribution in [2.75, 3.05) is 19.7 Å². The zero-order valence-corrected chi connectivity index (χ0v) is 15.5. The molecule has 0 spiro atoms. The van der Waals surface area contributed by atoms with E-state index in [4.69, 9.17) is 39.5 Å². The van der Waals surface area contributed by atoms with Crippen molar-refractivity contribution in [3.63, 3.8) is 0 Å². The van der Waals surface area contributed by atoms with E-state index in [1.165, 1.54) is 16.4 Å². The zero-order chi connectivity index (χ0) is 17.2. The fraction of sp³-hybridized carbons (Fsp3) is 0.500. The monoisotopic (exact) mass is 399 g/mol. The molecule has 128 valence electrons. The Morgan fingerprint density at radius 1 is 1.26 bits per heavy atom. The van der Waals surface area contributed by atoms with Crippen LogP contribution < -0.4 is 0 Å². The molecule has 0 bridgehead atoms. The summed E-state index contributed by atoms with van der Waals surface area (Å²) in [6.45, 7) is 2.36. The van der Waals surface area contributed by atoms with Crippen LogP contribution in [0.5, 0.6) is 0 Å². The Morgan fingerprint density at radius 3 is 2.57 bits per heavy atom. The number of rotatable bonds is 4. The lowest BCUT2D eigenvalue weighted by atomic mass is 10.0. The summed E-state index contributed by atoms with van der Waals surface area (Å²) in [7, 11) is -3.86. The minimum Gasteiger partial charge on any atom is -0.466 e. The molecule has 0 radical (unpaired) electrons. The van der Waals surface area contributed by atoms with Crippen molar-refractivity contribution in [3.8, 4) is 0 Å². The first-order valence-electron chi connectivity index (χ1n) is 7.08. The third-order valence-corrected chi connectivity index (χ3v) is 6.65. The van der Waals surface area contributed by atoms with Gasteiger partial charge in [0.05, 0.1) is 27.6 Å². The van der Waals surface area contributed by atoms with Gasteiger partial charge in [-0.05, 0) is 31.9 Å². The van der Waals surface area contributed by atoms with Gasteiger partial charge in [-0.1, -0.05) is 34.8 Å². The maximum Gasteiger partial charge on any atom is 0.310 e. The molecule has 0 aliphatic carbocycles. The highest BCUT2D eigenvalue weighted by molar-refractivity contribution is 7.89. The molecular weight excluding hydrogens is 385 g/mol. The zero-order valence-electron chi connectivity index (χ0n) is 12.4. The Morgan fingerprint density at radius 2 is 1.91 bits per heavy atom. The van der Waals surface area contributed by atoms with Crippen LogP contribution in [-0.4, -0.2) is 38.4 Å². The number of carbonyl (C=O) groups excluding carboxylic acids is 1. The van der Waals surface area contributed by atoms with Crippen LogP contribution in [0.1, 0.15) is 19.8 Å².